The van der Waals surface area contributed by atoms with E-state index in [0.29, 0.717) is 93.9 Å². The quantitative estimate of drug-likeness (QED) is 0.0136. The molecule has 0 aromatic heterocycles. The van der Waals surface area contributed by atoms with E-state index in [2.05, 4.69) is 37.6 Å². The van der Waals surface area contributed by atoms with Gasteiger partial charge in [0.2, 0.25) is 0 Å². The minimum Gasteiger partial charge on any atom is -0.741 e. The van der Waals surface area contributed by atoms with Crippen molar-refractivity contribution in [3.05, 3.63) is 143 Å². The molecule has 2 radical (unpaired) electrons. The number of hydrogen-bond acceptors (Lipinski definition) is 13. The van der Waals surface area contributed by atoms with E-state index in [4.69, 9.17) is 65.8 Å². The zero-order chi connectivity index (χ0) is 49.3. The largest absolute Gasteiger partial charge is 2.00 e. The number of rotatable bonds is 23. The maximum Gasteiger partial charge on any atom is 2.00 e. The van der Waals surface area contributed by atoms with Crippen LogP contribution in [0.2, 0.25) is 0 Å². The number of carbonyl (C=O) groups is 1. The Morgan fingerprint density at radius 3 is 1.01 bits per heavy atom. The summed E-state index contributed by atoms with van der Waals surface area (Å²) in [5, 5.41) is 38.4. The number of carbonyl (C=O) groups excluding carboxylic acids is 1. The van der Waals surface area contributed by atoms with Crippen LogP contribution in [0.3, 0.4) is 0 Å². The van der Waals surface area contributed by atoms with E-state index in [-0.39, 0.29) is 34.1 Å². The number of nitrogens with zero attached hydrogens (tertiary/aromatic N) is 12. The fourth-order valence-electron chi connectivity index (χ4n) is 6.84. The van der Waals surface area contributed by atoms with Gasteiger partial charge in [0.05, 0.1) is 0 Å². The van der Waals surface area contributed by atoms with E-state index in [1.54, 1.807) is 12.1 Å². The molecule has 378 valence electrons. The van der Waals surface area contributed by atoms with Crippen LogP contribution in [0.1, 0.15) is 99.5 Å². The fourth-order valence-corrected chi connectivity index (χ4v) is 7.99. The van der Waals surface area contributed by atoms with Gasteiger partial charge in [-0.1, -0.05) is 109 Å². The SMILES string of the molecule is CCN(CC)/C([S-])=N/N=C(/C(=N/N=C(\[S-])N(CC)CC)c1ccc(CCCCN(CC)/C([S-])=N/N=C(/C(=N/N=C(\[S-])N(CC)CC)c2ccccc2)c2ccc(C=O)cc2)cc1)c1ccccc1.[Cu+2].[Cu+2]. The van der Waals surface area contributed by atoms with Gasteiger partial charge in [0.25, 0.3) is 0 Å². The monoisotopic (exact) mass is 1110 g/mol. The number of unbranched alkanes of at least 4 members (excludes halogenated alkanes) is 1. The number of aryl methyl sites for hydroxylation is 1. The van der Waals surface area contributed by atoms with Gasteiger partial charge < -0.3 is 70.1 Å². The topological polar surface area (TPSA) is 129 Å². The first-order chi connectivity index (χ1) is 33.0. The summed E-state index contributed by atoms with van der Waals surface area (Å²) in [5.41, 5.74) is 6.76. The molecule has 0 bridgehead atoms. The maximum atomic E-state index is 11.5. The van der Waals surface area contributed by atoms with Crippen molar-refractivity contribution in [2.75, 3.05) is 52.4 Å². The molecule has 0 aliphatic rings. The third kappa shape index (κ3) is 18.7. The van der Waals surface area contributed by atoms with Crippen LogP contribution in [0.4, 0.5) is 0 Å². The first-order valence-corrected chi connectivity index (χ1v) is 24.8. The Labute approximate surface area is 459 Å². The molecule has 0 saturated heterocycles. The van der Waals surface area contributed by atoms with Crippen molar-refractivity contribution in [1.82, 2.24) is 19.6 Å². The normalized spacial score (nSPS) is 13.0. The van der Waals surface area contributed by atoms with Crippen molar-refractivity contribution in [2.24, 2.45) is 40.8 Å². The number of benzene rings is 4. The summed E-state index contributed by atoms with van der Waals surface area (Å²) in [5.74, 6) is 0. The van der Waals surface area contributed by atoms with Crippen LogP contribution >= 0.6 is 0 Å². The van der Waals surface area contributed by atoms with Crippen molar-refractivity contribution >= 4 is 100 Å². The fraction of sp³-hybridized carbons (Fsp3) is 0.353. The van der Waals surface area contributed by atoms with Crippen molar-refractivity contribution in [3.8, 4) is 0 Å². The average molecular weight is 1110 g/mol. The average Bonchev–Trinajstić information content (AvgIpc) is 3.37. The number of amidine groups is 4. The third-order valence-corrected chi connectivity index (χ3v) is 12.3. The second kappa shape index (κ2) is 33.6. The summed E-state index contributed by atoms with van der Waals surface area (Å²) in [6.07, 6.45) is 3.41. The minimum atomic E-state index is 0. The van der Waals surface area contributed by atoms with E-state index in [1.165, 1.54) is 0 Å². The van der Waals surface area contributed by atoms with Gasteiger partial charge >= 0.3 is 34.1 Å². The Kier molecular flexibility index (Phi) is 29.3. The molecule has 0 spiro atoms. The molecule has 0 aliphatic carbocycles. The molecule has 19 heteroatoms. The summed E-state index contributed by atoms with van der Waals surface area (Å²) in [6, 6.07) is 34.8. The van der Waals surface area contributed by atoms with Gasteiger partial charge in [-0.3, -0.25) is 4.79 Å². The van der Waals surface area contributed by atoms with E-state index < -0.39 is 0 Å². The van der Waals surface area contributed by atoms with E-state index in [0.717, 1.165) is 60.9 Å². The molecule has 0 unspecified atom stereocenters. The van der Waals surface area contributed by atoms with Gasteiger partial charge in [0.1, 0.15) is 29.1 Å². The molecule has 0 amide bonds. The molecule has 0 atom stereocenters. The molecule has 0 N–H and O–H groups in total. The van der Waals surface area contributed by atoms with Crippen LogP contribution < -0.4 is 0 Å². The van der Waals surface area contributed by atoms with Gasteiger partial charge in [-0.15, -0.1) is 20.4 Å². The molecule has 70 heavy (non-hydrogen) atoms. The molecule has 4 rings (SSSR count). The predicted molar refractivity (Wildman–Crippen MR) is 295 cm³/mol. The maximum absolute atomic E-state index is 11.5. The van der Waals surface area contributed by atoms with Crippen LogP contribution in [0.15, 0.2) is 150 Å². The van der Waals surface area contributed by atoms with Crippen LogP contribution in [0, 0.1) is 0 Å². The standard InChI is InChI=1S/C51H66N12OS4.2Cu/c1-8-60(9-2)48(65)56-52-44(40-24-17-15-18-25-40)46(54-58-50(67)62(12-5)13-6)42-32-28-38(29-33-42)23-21-22-36-63(14-7)51(68)59-55-47(43-34-30-39(37-64)31-35-43)45(41-26-19-16-20-27-41)53-57-49(66)61(10-3)11-4;;/h15-20,24-35,37H,8-14,21-23,36H2,1-7H3,(H,56,65)(H,57,66)(H,58,67)(H,59,68);;/q;2*+2/p-4/b52-44+,53-45+,54-46+,55-47+;;. The zero-order valence-electron chi connectivity index (χ0n) is 40.8. The van der Waals surface area contributed by atoms with Gasteiger partial charge in [-0.25, -0.2) is 0 Å². The summed E-state index contributed by atoms with van der Waals surface area (Å²) < 4.78 is 0. The van der Waals surface area contributed by atoms with Gasteiger partial charge in [0, 0.05) is 101 Å². The van der Waals surface area contributed by atoms with Crippen molar-refractivity contribution in [3.63, 3.8) is 0 Å². The second-order valence-electron chi connectivity index (χ2n) is 15.0. The van der Waals surface area contributed by atoms with E-state index >= 15 is 0 Å². The second-order valence-corrected chi connectivity index (χ2v) is 16.5. The first-order valence-electron chi connectivity index (χ1n) is 23.1. The van der Waals surface area contributed by atoms with Crippen LogP contribution in [0.5, 0.6) is 0 Å². The van der Waals surface area contributed by atoms with Crippen LogP contribution in [-0.2, 0) is 91.1 Å². The first kappa shape index (κ1) is 61.1. The molecule has 0 aliphatic heterocycles. The van der Waals surface area contributed by atoms with Gasteiger partial charge in [-0.05, 0) is 73.3 Å². The number of aldehydes is 1. The summed E-state index contributed by atoms with van der Waals surface area (Å²) in [4.78, 5) is 19.5. The summed E-state index contributed by atoms with van der Waals surface area (Å²) in [6.45, 7) is 19.8. The van der Waals surface area contributed by atoms with Crippen LogP contribution in [0.25, 0.3) is 0 Å². The predicted octanol–water partition coefficient (Wildman–Crippen LogP) is 8.69. The Bertz CT molecular complexity index is 2440. The Hall–Kier alpha value is -4.97. The molecule has 4 aromatic rings. The van der Waals surface area contributed by atoms with Crippen molar-refractivity contribution in [2.45, 2.75) is 67.7 Å². The van der Waals surface area contributed by atoms with Gasteiger partial charge in [0.15, 0.2) is 0 Å². The molecule has 0 fully saturated rings. The Morgan fingerprint density at radius 1 is 0.400 bits per heavy atom. The molecule has 0 saturated carbocycles. The third-order valence-electron chi connectivity index (χ3n) is 10.9. The molecular formula is C51H62Cu2N12OS4. The summed E-state index contributed by atoms with van der Waals surface area (Å²) >= 11 is 22.8. The van der Waals surface area contributed by atoms with E-state index in [9.17, 15) is 4.79 Å². The smallest absolute Gasteiger partial charge is 0.741 e. The van der Waals surface area contributed by atoms with Crippen molar-refractivity contribution < 1.29 is 38.9 Å². The molecule has 0 heterocycles. The molecule has 4 aromatic carbocycles. The van der Waals surface area contributed by atoms with E-state index in [1.807, 2.05) is 153 Å². The molecule has 13 nitrogen and oxygen atoms in total. The van der Waals surface area contributed by atoms with Gasteiger partial charge in [-0.2, -0.15) is 20.4 Å². The zero-order valence-corrected chi connectivity index (χ0v) is 45.9. The van der Waals surface area contributed by atoms with Crippen LogP contribution in [-0.4, -0.2) is 122 Å². The summed E-state index contributed by atoms with van der Waals surface area (Å²) in [7, 11) is 0. The Morgan fingerprint density at radius 2 is 0.700 bits per heavy atom. The number of hydrogen-bond donors (Lipinski definition) is 0. The molecular weight excluding hydrogens is 1050 g/mol. The minimum absolute atomic E-state index is 0. The Balaban J connectivity index is 0.00000840. The van der Waals surface area contributed by atoms with Crippen molar-refractivity contribution in [1.29, 1.82) is 0 Å².